The van der Waals surface area contributed by atoms with Gasteiger partial charge >= 0.3 is 0 Å². The lowest BCUT2D eigenvalue weighted by Crippen LogP contribution is -2.35. The molecule has 1 aromatic rings. The van der Waals surface area contributed by atoms with E-state index in [1.54, 1.807) is 0 Å². The largest absolute Gasteiger partial charge is 0.356 e. The molecule has 3 nitrogen and oxygen atoms in total. The number of aromatic nitrogens is 1. The van der Waals surface area contributed by atoms with Crippen LogP contribution in [0.25, 0.3) is 0 Å². The highest BCUT2D eigenvalue weighted by Crippen LogP contribution is 2.24. The molecule has 4 heteroatoms. The molecule has 0 aliphatic carbocycles. The number of hydrogen-bond donors (Lipinski definition) is 1. The van der Waals surface area contributed by atoms with Crippen LogP contribution in [-0.4, -0.2) is 24.1 Å². The fourth-order valence-electron chi connectivity index (χ4n) is 1.88. The van der Waals surface area contributed by atoms with E-state index < -0.39 is 0 Å². The van der Waals surface area contributed by atoms with Gasteiger partial charge in [0.15, 0.2) is 0 Å². The van der Waals surface area contributed by atoms with Crippen molar-refractivity contribution >= 4 is 21.7 Å². The summed E-state index contributed by atoms with van der Waals surface area (Å²) in [5.74, 6) is 1.67. The zero-order valence-electron chi connectivity index (χ0n) is 12.9. The first-order chi connectivity index (χ1) is 8.82. The average Bonchev–Trinajstić information content (AvgIpc) is 2.34. The summed E-state index contributed by atoms with van der Waals surface area (Å²) in [7, 11) is 2.12. The quantitative estimate of drug-likeness (QED) is 0.860. The number of nitrogens with one attached hydrogen (secondary N) is 1. The Balaban J connectivity index is 2.98. The second-order valence-electron chi connectivity index (χ2n) is 5.77. The van der Waals surface area contributed by atoms with Crippen molar-refractivity contribution in [1.29, 1.82) is 0 Å². The second kappa shape index (κ2) is 7.25. The maximum Gasteiger partial charge on any atom is 0.133 e. The Kier molecular flexibility index (Phi) is 6.27. The van der Waals surface area contributed by atoms with Crippen molar-refractivity contribution in [3.05, 3.63) is 22.3 Å². The van der Waals surface area contributed by atoms with Crippen molar-refractivity contribution < 1.29 is 0 Å². The van der Waals surface area contributed by atoms with Crippen LogP contribution in [0.2, 0.25) is 0 Å². The standard InChI is InChI=1S/C15H26BrN3/c1-10(2)12(5)19(6)15-13(8-17-11(3)4)7-14(16)9-18-15/h7,9-12,17H,8H2,1-6H3. The van der Waals surface area contributed by atoms with Gasteiger partial charge in [0.25, 0.3) is 0 Å². The lowest BCUT2D eigenvalue weighted by molar-refractivity contribution is 0.500. The average molecular weight is 328 g/mol. The predicted octanol–water partition coefficient (Wildman–Crippen LogP) is 3.82. The van der Waals surface area contributed by atoms with E-state index in [-0.39, 0.29) is 0 Å². The third-order valence-electron chi connectivity index (χ3n) is 3.52. The fourth-order valence-corrected chi connectivity index (χ4v) is 2.25. The summed E-state index contributed by atoms with van der Waals surface area (Å²) in [6.07, 6.45) is 1.87. The lowest BCUT2D eigenvalue weighted by atomic mass is 10.0. The highest BCUT2D eigenvalue weighted by atomic mass is 79.9. The molecule has 0 saturated heterocycles. The third kappa shape index (κ3) is 4.77. The Morgan fingerprint density at radius 1 is 1.26 bits per heavy atom. The summed E-state index contributed by atoms with van der Waals surface area (Å²) in [6.45, 7) is 11.9. The van der Waals surface area contributed by atoms with Crippen LogP contribution >= 0.6 is 15.9 Å². The van der Waals surface area contributed by atoms with Crippen molar-refractivity contribution in [3.8, 4) is 0 Å². The molecule has 1 unspecified atom stereocenters. The van der Waals surface area contributed by atoms with Crippen molar-refractivity contribution in [2.45, 2.75) is 53.2 Å². The number of anilines is 1. The molecule has 0 amide bonds. The molecular formula is C15H26BrN3. The molecule has 0 radical (unpaired) electrons. The molecule has 1 rings (SSSR count). The highest BCUT2D eigenvalue weighted by Gasteiger charge is 2.18. The summed E-state index contributed by atoms with van der Waals surface area (Å²) < 4.78 is 1.03. The summed E-state index contributed by atoms with van der Waals surface area (Å²) in [5, 5.41) is 3.46. The number of nitrogens with zero attached hydrogens (tertiary/aromatic N) is 2. The van der Waals surface area contributed by atoms with Gasteiger partial charge in [-0.3, -0.25) is 0 Å². The van der Waals surface area contributed by atoms with Gasteiger partial charge in [0.1, 0.15) is 5.82 Å². The maximum absolute atomic E-state index is 4.60. The minimum Gasteiger partial charge on any atom is -0.356 e. The molecule has 1 atom stereocenters. The van der Waals surface area contributed by atoms with Crippen molar-refractivity contribution in [1.82, 2.24) is 10.3 Å². The Morgan fingerprint density at radius 2 is 1.89 bits per heavy atom. The van der Waals surface area contributed by atoms with Gasteiger partial charge in [0.2, 0.25) is 0 Å². The van der Waals surface area contributed by atoms with E-state index in [0.29, 0.717) is 18.0 Å². The number of pyridine rings is 1. The first-order valence-electron chi connectivity index (χ1n) is 6.93. The normalized spacial score (nSPS) is 13.1. The van der Waals surface area contributed by atoms with Crippen LogP contribution in [0.15, 0.2) is 16.7 Å². The molecule has 0 aliphatic rings. The Labute approximate surface area is 125 Å². The van der Waals surface area contributed by atoms with E-state index in [1.807, 2.05) is 6.20 Å². The monoisotopic (exact) mass is 327 g/mol. The minimum absolute atomic E-state index is 0.464. The molecule has 0 aromatic carbocycles. The minimum atomic E-state index is 0.464. The van der Waals surface area contributed by atoms with Crippen molar-refractivity contribution in [3.63, 3.8) is 0 Å². The molecule has 1 N–H and O–H groups in total. The SMILES string of the molecule is CC(C)NCc1cc(Br)cnc1N(C)C(C)C(C)C. The van der Waals surface area contributed by atoms with Gasteiger partial charge < -0.3 is 10.2 Å². The Bertz CT molecular complexity index is 404. The van der Waals surface area contributed by atoms with Crippen molar-refractivity contribution in [2.24, 2.45) is 5.92 Å². The molecule has 1 heterocycles. The van der Waals surface area contributed by atoms with Crippen molar-refractivity contribution in [2.75, 3.05) is 11.9 Å². The first-order valence-corrected chi connectivity index (χ1v) is 7.72. The topological polar surface area (TPSA) is 28.2 Å². The maximum atomic E-state index is 4.60. The predicted molar refractivity (Wildman–Crippen MR) is 86.6 cm³/mol. The first kappa shape index (κ1) is 16.4. The second-order valence-corrected chi connectivity index (χ2v) is 6.68. The molecule has 0 bridgehead atoms. The van der Waals surface area contributed by atoms with Crippen LogP contribution in [0.5, 0.6) is 0 Å². The third-order valence-corrected chi connectivity index (χ3v) is 3.95. The van der Waals surface area contributed by atoms with Crippen LogP contribution in [0.1, 0.15) is 40.2 Å². The van der Waals surface area contributed by atoms with Gasteiger partial charge in [-0.25, -0.2) is 4.98 Å². The molecule has 0 fully saturated rings. The smallest absolute Gasteiger partial charge is 0.133 e. The number of rotatable bonds is 6. The Hall–Kier alpha value is -0.610. The van der Waals surface area contributed by atoms with Crippen LogP contribution in [0.4, 0.5) is 5.82 Å². The van der Waals surface area contributed by atoms with Gasteiger partial charge in [-0.2, -0.15) is 0 Å². The summed E-state index contributed by atoms with van der Waals surface area (Å²) in [6, 6.07) is 3.09. The van der Waals surface area contributed by atoms with E-state index in [9.17, 15) is 0 Å². The molecular weight excluding hydrogens is 302 g/mol. The van der Waals surface area contributed by atoms with E-state index in [1.165, 1.54) is 5.56 Å². The van der Waals surface area contributed by atoms with Crippen LogP contribution in [0, 0.1) is 5.92 Å². The Morgan fingerprint density at radius 3 is 2.42 bits per heavy atom. The fraction of sp³-hybridized carbons (Fsp3) is 0.667. The van der Waals surface area contributed by atoms with Gasteiger partial charge in [-0.1, -0.05) is 27.7 Å². The van der Waals surface area contributed by atoms with Gasteiger partial charge in [0, 0.05) is 41.9 Å². The molecule has 108 valence electrons. The van der Waals surface area contributed by atoms with Crippen LogP contribution in [0.3, 0.4) is 0 Å². The zero-order chi connectivity index (χ0) is 14.6. The molecule has 0 aliphatic heterocycles. The molecule has 0 spiro atoms. The summed E-state index contributed by atoms with van der Waals surface area (Å²) in [5.41, 5.74) is 1.23. The number of halogens is 1. The van der Waals surface area contributed by atoms with Gasteiger partial charge in [-0.05, 0) is 34.8 Å². The van der Waals surface area contributed by atoms with E-state index in [4.69, 9.17) is 0 Å². The highest BCUT2D eigenvalue weighted by molar-refractivity contribution is 9.10. The number of hydrogen-bond acceptors (Lipinski definition) is 3. The van der Waals surface area contributed by atoms with E-state index in [2.05, 4.69) is 78.9 Å². The zero-order valence-corrected chi connectivity index (χ0v) is 14.5. The van der Waals surface area contributed by atoms with Gasteiger partial charge in [0.05, 0.1) is 0 Å². The molecule has 1 aromatic heterocycles. The van der Waals surface area contributed by atoms with E-state index in [0.717, 1.165) is 16.8 Å². The summed E-state index contributed by atoms with van der Waals surface area (Å²) in [4.78, 5) is 6.87. The lowest BCUT2D eigenvalue weighted by Gasteiger charge is -2.30. The van der Waals surface area contributed by atoms with Gasteiger partial charge in [-0.15, -0.1) is 0 Å². The van der Waals surface area contributed by atoms with Crippen LogP contribution in [-0.2, 0) is 6.54 Å². The summed E-state index contributed by atoms with van der Waals surface area (Å²) >= 11 is 3.51. The van der Waals surface area contributed by atoms with E-state index >= 15 is 0 Å². The molecule has 19 heavy (non-hydrogen) atoms. The molecule has 0 saturated carbocycles. The van der Waals surface area contributed by atoms with Crippen LogP contribution < -0.4 is 10.2 Å².